The molecule has 2 aliphatic rings. The molecule has 0 radical (unpaired) electrons. The molecule has 4 atom stereocenters. The molecule has 0 aromatic carbocycles. The molecule has 0 heterocycles. The summed E-state index contributed by atoms with van der Waals surface area (Å²) in [4.78, 5) is 12.1. The molecule has 1 amide bonds. The topological polar surface area (TPSA) is 55.1 Å². The van der Waals surface area contributed by atoms with Crippen LogP contribution in [0.2, 0.25) is 0 Å². The van der Waals surface area contributed by atoms with Gasteiger partial charge in [0.25, 0.3) is 0 Å². The lowest BCUT2D eigenvalue weighted by molar-refractivity contribution is -0.126. The van der Waals surface area contributed by atoms with Crippen molar-refractivity contribution in [3.8, 4) is 0 Å². The molecule has 98 valence electrons. The minimum Gasteiger partial charge on any atom is -0.356 e. The van der Waals surface area contributed by atoms with E-state index in [2.05, 4.69) is 12.2 Å². The van der Waals surface area contributed by atoms with Gasteiger partial charge in [0.05, 0.1) is 5.92 Å². The van der Waals surface area contributed by atoms with Crippen molar-refractivity contribution in [2.24, 2.45) is 23.5 Å². The zero-order valence-electron chi connectivity index (χ0n) is 11.0. The molecule has 0 aliphatic heterocycles. The lowest BCUT2D eigenvalue weighted by atomic mass is 9.84. The highest BCUT2D eigenvalue weighted by Gasteiger charge is 2.29. The number of hydrogen-bond acceptors (Lipinski definition) is 2. The van der Waals surface area contributed by atoms with Crippen molar-refractivity contribution < 1.29 is 4.79 Å². The Morgan fingerprint density at radius 3 is 2.59 bits per heavy atom. The van der Waals surface area contributed by atoms with E-state index in [4.69, 9.17) is 5.73 Å². The lowest BCUT2D eigenvalue weighted by Gasteiger charge is -2.28. The Labute approximate surface area is 105 Å². The third-order valence-corrected chi connectivity index (χ3v) is 4.73. The summed E-state index contributed by atoms with van der Waals surface area (Å²) in [7, 11) is 0. The van der Waals surface area contributed by atoms with Gasteiger partial charge < -0.3 is 11.1 Å². The number of carbonyl (C=O) groups excluding carboxylic acids is 1. The number of amides is 1. The number of carbonyl (C=O) groups is 1. The first-order chi connectivity index (χ1) is 8.18. The predicted octanol–water partition coefficient (Wildman–Crippen LogP) is 2.06. The van der Waals surface area contributed by atoms with Crippen molar-refractivity contribution in [3.05, 3.63) is 0 Å². The molecule has 2 aliphatic carbocycles. The second-order valence-corrected chi connectivity index (χ2v) is 5.97. The highest BCUT2D eigenvalue weighted by molar-refractivity contribution is 5.79. The minimum atomic E-state index is 0.0699. The van der Waals surface area contributed by atoms with Crippen LogP contribution in [0.15, 0.2) is 0 Å². The summed E-state index contributed by atoms with van der Waals surface area (Å²) < 4.78 is 0. The summed E-state index contributed by atoms with van der Waals surface area (Å²) in [6, 6.07) is 0.0877. The Hall–Kier alpha value is -0.570. The Kier molecular flexibility index (Phi) is 4.43. The normalized spacial score (nSPS) is 38.0. The van der Waals surface area contributed by atoms with Gasteiger partial charge in [-0.15, -0.1) is 0 Å². The van der Waals surface area contributed by atoms with Crippen LogP contribution in [-0.4, -0.2) is 18.5 Å². The fourth-order valence-electron chi connectivity index (χ4n) is 3.37. The largest absolute Gasteiger partial charge is 0.356 e. The summed E-state index contributed by atoms with van der Waals surface area (Å²) in [5.41, 5.74) is 6.03. The third-order valence-electron chi connectivity index (χ3n) is 4.73. The molecular formula is C14H26N2O. The van der Waals surface area contributed by atoms with Gasteiger partial charge in [0, 0.05) is 12.6 Å². The molecule has 0 spiro atoms. The zero-order chi connectivity index (χ0) is 12.3. The van der Waals surface area contributed by atoms with E-state index in [0.29, 0.717) is 5.92 Å². The lowest BCUT2D eigenvalue weighted by Crippen LogP contribution is -2.45. The summed E-state index contributed by atoms with van der Waals surface area (Å²) >= 11 is 0. The molecule has 0 aromatic rings. The highest BCUT2D eigenvalue weighted by Crippen LogP contribution is 2.30. The van der Waals surface area contributed by atoms with Crippen LogP contribution in [0.4, 0.5) is 0 Å². The van der Waals surface area contributed by atoms with E-state index in [9.17, 15) is 4.79 Å². The Morgan fingerprint density at radius 1 is 1.18 bits per heavy atom. The Balaban J connectivity index is 1.76. The summed E-state index contributed by atoms with van der Waals surface area (Å²) in [5, 5.41) is 3.14. The van der Waals surface area contributed by atoms with Crippen molar-refractivity contribution in [2.75, 3.05) is 6.54 Å². The van der Waals surface area contributed by atoms with Crippen LogP contribution in [0.25, 0.3) is 0 Å². The van der Waals surface area contributed by atoms with Gasteiger partial charge in [-0.1, -0.05) is 32.6 Å². The SMILES string of the molecule is CC1CCCC1CNC(=O)C1CCCCC1N. The van der Waals surface area contributed by atoms with Crippen LogP contribution in [-0.2, 0) is 4.79 Å². The van der Waals surface area contributed by atoms with Crippen LogP contribution in [0.5, 0.6) is 0 Å². The van der Waals surface area contributed by atoms with Crippen LogP contribution in [0.3, 0.4) is 0 Å². The van der Waals surface area contributed by atoms with Gasteiger partial charge in [0.2, 0.25) is 5.91 Å². The van der Waals surface area contributed by atoms with E-state index < -0.39 is 0 Å². The number of nitrogens with one attached hydrogen (secondary N) is 1. The van der Waals surface area contributed by atoms with Crippen LogP contribution >= 0.6 is 0 Å². The molecule has 3 N–H and O–H groups in total. The second-order valence-electron chi connectivity index (χ2n) is 5.97. The number of rotatable bonds is 3. The van der Waals surface area contributed by atoms with Crippen molar-refractivity contribution in [2.45, 2.75) is 57.9 Å². The second kappa shape index (κ2) is 5.85. The summed E-state index contributed by atoms with van der Waals surface area (Å²) in [6.45, 7) is 3.17. The summed E-state index contributed by atoms with van der Waals surface area (Å²) in [6.07, 6.45) is 8.26. The standard InChI is InChI=1S/C14H26N2O/c1-10-5-4-6-11(10)9-16-14(17)12-7-2-3-8-13(12)15/h10-13H,2-9,15H2,1H3,(H,16,17). The van der Waals surface area contributed by atoms with Gasteiger partial charge in [-0.05, 0) is 31.1 Å². The first-order valence-electron chi connectivity index (χ1n) is 7.21. The first kappa shape index (κ1) is 12.9. The van der Waals surface area contributed by atoms with Crippen molar-refractivity contribution in [1.29, 1.82) is 0 Å². The zero-order valence-corrected chi connectivity index (χ0v) is 11.0. The smallest absolute Gasteiger partial charge is 0.224 e. The fourth-order valence-corrected chi connectivity index (χ4v) is 3.37. The van der Waals surface area contributed by atoms with E-state index in [0.717, 1.165) is 31.7 Å². The molecule has 4 unspecified atom stereocenters. The Bertz CT molecular complexity index is 267. The van der Waals surface area contributed by atoms with Gasteiger partial charge in [-0.25, -0.2) is 0 Å². The maximum atomic E-state index is 12.1. The van der Waals surface area contributed by atoms with Gasteiger partial charge in [0.1, 0.15) is 0 Å². The quantitative estimate of drug-likeness (QED) is 0.790. The molecule has 3 heteroatoms. The highest BCUT2D eigenvalue weighted by atomic mass is 16.1. The van der Waals surface area contributed by atoms with Crippen LogP contribution in [0.1, 0.15) is 51.9 Å². The van der Waals surface area contributed by atoms with Gasteiger partial charge in [-0.2, -0.15) is 0 Å². The first-order valence-corrected chi connectivity index (χ1v) is 7.21. The van der Waals surface area contributed by atoms with Gasteiger partial charge >= 0.3 is 0 Å². The number of hydrogen-bond donors (Lipinski definition) is 2. The molecular weight excluding hydrogens is 212 g/mol. The molecule has 17 heavy (non-hydrogen) atoms. The molecule has 2 rings (SSSR count). The average molecular weight is 238 g/mol. The maximum Gasteiger partial charge on any atom is 0.224 e. The van der Waals surface area contributed by atoms with E-state index >= 15 is 0 Å². The van der Waals surface area contributed by atoms with Crippen molar-refractivity contribution in [3.63, 3.8) is 0 Å². The van der Waals surface area contributed by atoms with E-state index in [1.807, 2.05) is 0 Å². The molecule has 3 nitrogen and oxygen atoms in total. The van der Waals surface area contributed by atoms with Crippen LogP contribution in [0, 0.1) is 17.8 Å². The van der Waals surface area contributed by atoms with E-state index in [-0.39, 0.29) is 17.9 Å². The fraction of sp³-hybridized carbons (Fsp3) is 0.929. The van der Waals surface area contributed by atoms with Gasteiger partial charge in [0.15, 0.2) is 0 Å². The molecule has 2 saturated carbocycles. The molecule has 0 saturated heterocycles. The predicted molar refractivity (Wildman–Crippen MR) is 69.4 cm³/mol. The molecule has 0 bridgehead atoms. The summed E-state index contributed by atoms with van der Waals surface area (Å²) in [5.74, 6) is 1.74. The monoisotopic (exact) mass is 238 g/mol. The maximum absolute atomic E-state index is 12.1. The van der Waals surface area contributed by atoms with E-state index in [1.54, 1.807) is 0 Å². The molecule has 0 aromatic heterocycles. The Morgan fingerprint density at radius 2 is 1.94 bits per heavy atom. The van der Waals surface area contributed by atoms with Crippen molar-refractivity contribution >= 4 is 5.91 Å². The van der Waals surface area contributed by atoms with E-state index in [1.165, 1.54) is 25.7 Å². The third kappa shape index (κ3) is 3.21. The molecule has 2 fully saturated rings. The minimum absolute atomic E-state index is 0.0699. The number of nitrogens with two attached hydrogens (primary N) is 1. The van der Waals surface area contributed by atoms with Gasteiger partial charge in [-0.3, -0.25) is 4.79 Å². The van der Waals surface area contributed by atoms with Crippen molar-refractivity contribution in [1.82, 2.24) is 5.32 Å². The average Bonchev–Trinajstić information content (AvgIpc) is 2.72. The van der Waals surface area contributed by atoms with Crippen LogP contribution < -0.4 is 11.1 Å².